The van der Waals surface area contributed by atoms with Gasteiger partial charge in [0.15, 0.2) is 16.7 Å². The average molecular weight is 566 g/mol. The van der Waals surface area contributed by atoms with Gasteiger partial charge in [-0.2, -0.15) is 0 Å². The number of anilines is 1. The molecule has 2 saturated heterocycles. The quantitative estimate of drug-likeness (QED) is 0.326. The Balaban J connectivity index is 1.00. The number of esters is 1. The second-order valence-corrected chi connectivity index (χ2v) is 13.8. The lowest BCUT2D eigenvalue weighted by Gasteiger charge is -2.38. The van der Waals surface area contributed by atoms with Crippen molar-refractivity contribution < 1.29 is 28.3 Å². The highest BCUT2D eigenvalue weighted by Crippen LogP contribution is 2.59. The van der Waals surface area contributed by atoms with Gasteiger partial charge in [-0.15, -0.1) is 0 Å². The predicted molar refractivity (Wildman–Crippen MR) is 146 cm³/mol. The number of aromatic carboxylic acids is 1. The van der Waals surface area contributed by atoms with Crippen LogP contribution in [0.15, 0.2) is 16.7 Å². The van der Waals surface area contributed by atoms with Crippen molar-refractivity contribution in [2.45, 2.75) is 107 Å². The van der Waals surface area contributed by atoms with Gasteiger partial charge in [0, 0.05) is 36.8 Å². The van der Waals surface area contributed by atoms with Crippen LogP contribution in [0.2, 0.25) is 0 Å². The van der Waals surface area contributed by atoms with Crippen molar-refractivity contribution in [1.82, 2.24) is 10.1 Å². The van der Waals surface area contributed by atoms with Gasteiger partial charge in [0.05, 0.1) is 10.3 Å². The summed E-state index contributed by atoms with van der Waals surface area (Å²) in [6, 6.07) is 2.79. The summed E-state index contributed by atoms with van der Waals surface area (Å²) in [7, 11) is 0. The van der Waals surface area contributed by atoms with Crippen LogP contribution in [-0.2, 0) is 4.74 Å². The normalized spacial score (nSPS) is 27.4. The molecule has 1 N–H and O–H groups in total. The fraction of sp³-hybridized carbons (Fsp3) is 0.600. The highest BCUT2D eigenvalue weighted by atomic mass is 32.1. The molecule has 8 rings (SSSR count). The van der Waals surface area contributed by atoms with Crippen LogP contribution in [0.25, 0.3) is 10.2 Å². The van der Waals surface area contributed by atoms with Crippen LogP contribution in [0.1, 0.15) is 121 Å². The third-order valence-corrected chi connectivity index (χ3v) is 11.2. The summed E-state index contributed by atoms with van der Waals surface area (Å²) in [5.74, 6) is -0.787. The molecule has 0 radical (unpaired) electrons. The van der Waals surface area contributed by atoms with Crippen molar-refractivity contribution >= 4 is 38.6 Å². The summed E-state index contributed by atoms with van der Waals surface area (Å²) in [5.41, 5.74) is 2.12. The number of carbonyl (C=O) groups excluding carboxylic acids is 1. The van der Waals surface area contributed by atoms with Crippen molar-refractivity contribution in [3.05, 3.63) is 40.5 Å². The number of carbonyl (C=O) groups is 2. The number of carboxylic acids is 1. The zero-order valence-corrected chi connectivity index (χ0v) is 23.1. The Kier molecular flexibility index (Phi) is 5.57. The van der Waals surface area contributed by atoms with Crippen molar-refractivity contribution in [1.29, 1.82) is 0 Å². The fourth-order valence-corrected chi connectivity index (χ4v) is 8.72. The van der Waals surface area contributed by atoms with E-state index in [4.69, 9.17) is 9.26 Å². The predicted octanol–water partition coefficient (Wildman–Crippen LogP) is 6.79. The van der Waals surface area contributed by atoms with Crippen molar-refractivity contribution in [2.75, 3.05) is 4.90 Å². The van der Waals surface area contributed by atoms with Gasteiger partial charge >= 0.3 is 11.9 Å². The number of rotatable bonds is 6. The van der Waals surface area contributed by atoms with E-state index < -0.39 is 11.8 Å². The molecule has 0 amide bonds. The maximum atomic E-state index is 14.6. The van der Waals surface area contributed by atoms with Crippen LogP contribution < -0.4 is 4.90 Å². The lowest BCUT2D eigenvalue weighted by molar-refractivity contribution is 0.0199. The van der Waals surface area contributed by atoms with E-state index in [0.29, 0.717) is 33.7 Å². The molecule has 2 aliphatic heterocycles. The Morgan fingerprint density at radius 1 is 1.02 bits per heavy atom. The molecule has 1 aromatic carbocycles. The van der Waals surface area contributed by atoms with E-state index in [1.54, 1.807) is 0 Å². The van der Waals surface area contributed by atoms with Gasteiger partial charge in [0.1, 0.15) is 22.9 Å². The van der Waals surface area contributed by atoms with Crippen molar-refractivity contribution in [3.63, 3.8) is 0 Å². The topological polar surface area (TPSA) is 106 Å². The molecule has 2 bridgehead atoms. The first-order valence-corrected chi connectivity index (χ1v) is 15.5. The van der Waals surface area contributed by atoms with E-state index in [1.165, 1.54) is 43.1 Å². The number of carboxylic acid groups (broad SMARTS) is 1. The largest absolute Gasteiger partial charge is 0.478 e. The highest BCUT2D eigenvalue weighted by Gasteiger charge is 2.48. The van der Waals surface area contributed by atoms with Crippen LogP contribution in [0.4, 0.5) is 9.52 Å². The Bertz CT molecular complexity index is 1500. The van der Waals surface area contributed by atoms with E-state index in [2.05, 4.69) is 15.0 Å². The van der Waals surface area contributed by atoms with Gasteiger partial charge in [-0.25, -0.2) is 19.0 Å². The van der Waals surface area contributed by atoms with E-state index in [1.807, 2.05) is 0 Å². The maximum Gasteiger partial charge on any atom is 0.344 e. The smallest absolute Gasteiger partial charge is 0.344 e. The molecule has 4 heterocycles. The van der Waals surface area contributed by atoms with E-state index in [0.717, 1.165) is 56.0 Å². The first kappa shape index (κ1) is 24.8. The van der Waals surface area contributed by atoms with Crippen LogP contribution in [0, 0.1) is 11.2 Å². The van der Waals surface area contributed by atoms with Gasteiger partial charge in [-0.1, -0.05) is 16.5 Å². The molecule has 210 valence electrons. The summed E-state index contributed by atoms with van der Waals surface area (Å²) in [6.07, 6.45) is 12.4. The third kappa shape index (κ3) is 4.13. The first-order chi connectivity index (χ1) is 19.4. The minimum absolute atomic E-state index is 0.0762. The van der Waals surface area contributed by atoms with E-state index in [9.17, 15) is 19.1 Å². The number of thiazole rings is 1. The lowest BCUT2D eigenvalue weighted by Crippen LogP contribution is -2.46. The number of aromatic nitrogens is 2. The maximum absolute atomic E-state index is 14.6. The minimum Gasteiger partial charge on any atom is -0.478 e. The van der Waals surface area contributed by atoms with Crippen LogP contribution in [0.3, 0.4) is 0 Å². The monoisotopic (exact) mass is 565 g/mol. The molecule has 10 heteroatoms. The summed E-state index contributed by atoms with van der Waals surface area (Å²) in [5, 5.41) is 14.5. The molecule has 3 aliphatic carbocycles. The van der Waals surface area contributed by atoms with Crippen molar-refractivity contribution in [3.8, 4) is 0 Å². The van der Waals surface area contributed by atoms with Crippen LogP contribution >= 0.6 is 11.3 Å². The third-order valence-electron chi connectivity index (χ3n) is 10.2. The van der Waals surface area contributed by atoms with Crippen LogP contribution in [0.5, 0.6) is 0 Å². The molecular weight excluding hydrogens is 533 g/mol. The lowest BCUT2D eigenvalue weighted by atomic mass is 9.77. The molecule has 5 aliphatic rings. The number of benzene rings is 1. The van der Waals surface area contributed by atoms with Gasteiger partial charge < -0.3 is 19.3 Å². The summed E-state index contributed by atoms with van der Waals surface area (Å²) < 4.78 is 27.2. The first-order valence-electron chi connectivity index (χ1n) is 14.7. The highest BCUT2D eigenvalue weighted by molar-refractivity contribution is 7.22. The minimum atomic E-state index is -1.16. The molecule has 1 spiro atoms. The van der Waals surface area contributed by atoms with Gasteiger partial charge in [-0.05, 0) is 81.8 Å². The van der Waals surface area contributed by atoms with Crippen LogP contribution in [-0.4, -0.2) is 45.4 Å². The number of hydrogen-bond donors (Lipinski definition) is 1. The standard InChI is InChI=1S/C30H32FN3O5S/c31-21-11-17(27(35)36)12-22-25(21)32-29(40-22)34-18-3-4-19(34)14-20(13-18)38-28(37)23-24(33-39-26(23)16-1-2-16)15-5-7-30(8-6-15)9-10-30/h11-12,15-16,18-20H,1-10,13-14H2,(H,35,36)/t18-,19+,20?. The fourth-order valence-electron chi connectivity index (χ4n) is 7.56. The molecular formula is C30H32FN3O5S. The number of halogens is 1. The zero-order valence-electron chi connectivity index (χ0n) is 22.2. The van der Waals surface area contributed by atoms with Crippen molar-refractivity contribution in [2.24, 2.45) is 5.41 Å². The Morgan fingerprint density at radius 3 is 2.40 bits per heavy atom. The number of fused-ring (bicyclic) bond motifs is 3. The number of hydrogen-bond acceptors (Lipinski definition) is 8. The van der Waals surface area contributed by atoms with E-state index in [-0.39, 0.29) is 47.1 Å². The molecule has 3 aromatic rings. The molecule has 2 aromatic heterocycles. The number of piperidine rings is 1. The summed E-state index contributed by atoms with van der Waals surface area (Å²) >= 11 is 1.33. The molecule has 8 nitrogen and oxygen atoms in total. The zero-order chi connectivity index (χ0) is 27.2. The Labute approximate surface area is 234 Å². The van der Waals surface area contributed by atoms with E-state index >= 15 is 0 Å². The summed E-state index contributed by atoms with van der Waals surface area (Å²) in [4.78, 5) is 31.9. The average Bonchev–Trinajstić information content (AvgIpc) is 3.80. The summed E-state index contributed by atoms with van der Waals surface area (Å²) in [6.45, 7) is 0. The molecule has 3 saturated carbocycles. The molecule has 3 atom stereocenters. The molecule has 5 fully saturated rings. The Morgan fingerprint density at radius 2 is 1.75 bits per heavy atom. The number of ether oxygens (including phenoxy) is 1. The second-order valence-electron chi connectivity index (χ2n) is 12.8. The Hall–Kier alpha value is -3.01. The second kappa shape index (κ2) is 8.99. The SMILES string of the molecule is O=C(O)c1cc(F)c2nc(N3[C@@H]4CC[C@H]3CC(OC(=O)c3c(C5CCC6(CC5)CC6)noc3C3CC3)C4)sc2c1. The molecule has 1 unspecified atom stereocenters. The van der Waals surface area contributed by atoms with Gasteiger partial charge in [-0.3, -0.25) is 0 Å². The number of nitrogens with zero attached hydrogens (tertiary/aromatic N) is 3. The van der Waals surface area contributed by atoms with Gasteiger partial charge in [0.2, 0.25) is 0 Å². The van der Waals surface area contributed by atoms with Gasteiger partial charge in [0.25, 0.3) is 0 Å². The molecule has 40 heavy (non-hydrogen) atoms.